The lowest BCUT2D eigenvalue weighted by Crippen LogP contribution is -2.28. The largest absolute Gasteiger partial charge is 0.497 e. The van der Waals surface area contributed by atoms with E-state index in [0.717, 1.165) is 5.56 Å². The van der Waals surface area contributed by atoms with E-state index in [1.165, 1.54) is 0 Å². The summed E-state index contributed by atoms with van der Waals surface area (Å²) < 4.78 is 16.5. The third kappa shape index (κ3) is 4.90. The number of amides is 2. The molecule has 33 heavy (non-hydrogen) atoms. The molecule has 1 unspecified atom stereocenters. The van der Waals surface area contributed by atoms with Crippen LogP contribution in [0.15, 0.2) is 60.9 Å². The molecular weight excluding hydrogens is 422 g/mol. The minimum atomic E-state index is -0.486. The van der Waals surface area contributed by atoms with E-state index in [1.54, 1.807) is 67.9 Å². The zero-order valence-corrected chi connectivity index (χ0v) is 18.7. The Hall–Kier alpha value is -4.07. The summed E-state index contributed by atoms with van der Waals surface area (Å²) >= 11 is 0. The molecule has 0 saturated carbocycles. The fourth-order valence-corrected chi connectivity index (χ4v) is 3.74. The fourth-order valence-electron chi connectivity index (χ4n) is 3.74. The molecule has 1 saturated heterocycles. The van der Waals surface area contributed by atoms with E-state index >= 15 is 0 Å². The number of carbonyl (C=O) groups excluding carboxylic acids is 2. The number of hydrogen-bond acceptors (Lipinski definition) is 6. The highest BCUT2D eigenvalue weighted by Gasteiger charge is 2.36. The molecule has 0 spiro atoms. The molecule has 8 nitrogen and oxygen atoms in total. The molecule has 2 aromatic carbocycles. The second-order valence-corrected chi connectivity index (χ2v) is 7.70. The number of nitrogens with zero attached hydrogens (tertiary/aromatic N) is 2. The van der Waals surface area contributed by atoms with Gasteiger partial charge in [-0.1, -0.05) is 0 Å². The van der Waals surface area contributed by atoms with Crippen LogP contribution >= 0.6 is 0 Å². The molecule has 0 aliphatic carbocycles. The maximum Gasteiger partial charge on any atom is 0.229 e. The maximum absolute atomic E-state index is 12.9. The first-order valence-corrected chi connectivity index (χ1v) is 10.5. The van der Waals surface area contributed by atoms with Crippen LogP contribution in [0.2, 0.25) is 0 Å². The number of aromatic nitrogens is 1. The molecule has 8 heteroatoms. The van der Waals surface area contributed by atoms with E-state index in [4.69, 9.17) is 14.2 Å². The van der Waals surface area contributed by atoms with Crippen molar-refractivity contribution in [2.45, 2.75) is 13.3 Å². The Morgan fingerprint density at radius 3 is 2.58 bits per heavy atom. The Kier molecular flexibility index (Phi) is 6.44. The number of rotatable bonds is 7. The van der Waals surface area contributed by atoms with Crippen LogP contribution in [0.4, 0.5) is 11.4 Å². The highest BCUT2D eigenvalue weighted by Crippen LogP contribution is 2.36. The molecule has 1 N–H and O–H groups in total. The molecule has 4 rings (SSSR count). The van der Waals surface area contributed by atoms with Crippen LogP contribution < -0.4 is 24.4 Å². The van der Waals surface area contributed by atoms with Crippen molar-refractivity contribution in [3.8, 4) is 23.0 Å². The Balaban J connectivity index is 1.44. The lowest BCUT2D eigenvalue weighted by molar-refractivity contribution is -0.122. The zero-order valence-electron chi connectivity index (χ0n) is 18.7. The zero-order chi connectivity index (χ0) is 23.4. The lowest BCUT2D eigenvalue weighted by atomic mass is 10.1. The average molecular weight is 447 g/mol. The molecule has 1 fully saturated rings. The van der Waals surface area contributed by atoms with Crippen LogP contribution in [0.1, 0.15) is 12.0 Å². The first kappa shape index (κ1) is 22.1. The molecule has 2 heterocycles. The van der Waals surface area contributed by atoms with Crippen molar-refractivity contribution in [3.05, 3.63) is 66.5 Å². The van der Waals surface area contributed by atoms with E-state index in [2.05, 4.69) is 10.3 Å². The number of nitrogens with one attached hydrogen (secondary N) is 1. The van der Waals surface area contributed by atoms with E-state index < -0.39 is 5.92 Å². The van der Waals surface area contributed by atoms with Gasteiger partial charge in [0.2, 0.25) is 11.8 Å². The van der Waals surface area contributed by atoms with Crippen LogP contribution in [0.5, 0.6) is 23.0 Å². The molecule has 3 aromatic rings. The van der Waals surface area contributed by atoms with Crippen molar-refractivity contribution in [1.82, 2.24) is 4.98 Å². The summed E-state index contributed by atoms with van der Waals surface area (Å²) in [4.78, 5) is 31.2. The molecule has 170 valence electrons. The van der Waals surface area contributed by atoms with Crippen molar-refractivity contribution in [1.29, 1.82) is 0 Å². The first-order valence-electron chi connectivity index (χ1n) is 10.5. The summed E-state index contributed by atoms with van der Waals surface area (Å²) in [5.41, 5.74) is 2.09. The average Bonchev–Trinajstić information content (AvgIpc) is 3.22. The maximum atomic E-state index is 12.9. The van der Waals surface area contributed by atoms with Crippen molar-refractivity contribution in [2.24, 2.45) is 5.92 Å². The van der Waals surface area contributed by atoms with Gasteiger partial charge in [-0.05, 0) is 55.0 Å². The van der Waals surface area contributed by atoms with Crippen molar-refractivity contribution >= 4 is 23.2 Å². The molecule has 1 atom stereocenters. The second kappa shape index (κ2) is 9.60. The molecule has 1 aromatic heterocycles. The van der Waals surface area contributed by atoms with Crippen LogP contribution in [0.3, 0.4) is 0 Å². The Labute approximate surface area is 192 Å². The number of ether oxygens (including phenoxy) is 3. The van der Waals surface area contributed by atoms with Crippen LogP contribution in [0, 0.1) is 12.8 Å². The number of methoxy groups -OCH3 is 2. The standard InChI is InChI=1S/C25H25N3O5/c1-16-11-18(6-8-22(16)33-20-5-4-10-26-14-20)27-25(30)17-12-24(29)28(15-17)21-13-19(31-2)7-9-23(21)32-3/h4-11,13-14,17H,12,15H2,1-3H3,(H,27,30). The van der Waals surface area contributed by atoms with Crippen molar-refractivity contribution in [2.75, 3.05) is 31.0 Å². The molecule has 1 aliphatic rings. The molecular formula is C25H25N3O5. The van der Waals surface area contributed by atoms with Gasteiger partial charge >= 0.3 is 0 Å². The fraction of sp³-hybridized carbons (Fsp3) is 0.240. The van der Waals surface area contributed by atoms with Crippen LogP contribution in [-0.2, 0) is 9.59 Å². The van der Waals surface area contributed by atoms with Crippen molar-refractivity contribution in [3.63, 3.8) is 0 Å². The van der Waals surface area contributed by atoms with E-state index in [9.17, 15) is 9.59 Å². The predicted octanol–water partition coefficient (Wildman–Crippen LogP) is 4.19. The molecule has 1 aliphatic heterocycles. The number of aryl methyl sites for hydroxylation is 1. The summed E-state index contributed by atoms with van der Waals surface area (Å²) in [5, 5.41) is 2.92. The summed E-state index contributed by atoms with van der Waals surface area (Å²) in [7, 11) is 3.10. The Bertz CT molecular complexity index is 1170. The second-order valence-electron chi connectivity index (χ2n) is 7.70. The Morgan fingerprint density at radius 1 is 1.06 bits per heavy atom. The smallest absolute Gasteiger partial charge is 0.229 e. The quantitative estimate of drug-likeness (QED) is 0.584. The van der Waals surface area contributed by atoms with Gasteiger partial charge in [-0.25, -0.2) is 0 Å². The predicted molar refractivity (Wildman–Crippen MR) is 124 cm³/mol. The van der Waals surface area contributed by atoms with E-state index in [-0.39, 0.29) is 24.8 Å². The van der Waals surface area contributed by atoms with Crippen LogP contribution in [-0.4, -0.2) is 37.6 Å². The number of hydrogen-bond donors (Lipinski definition) is 1. The monoisotopic (exact) mass is 447 g/mol. The highest BCUT2D eigenvalue weighted by molar-refractivity contribution is 6.04. The van der Waals surface area contributed by atoms with Gasteiger partial charge in [0, 0.05) is 30.9 Å². The molecule has 0 radical (unpaired) electrons. The summed E-state index contributed by atoms with van der Waals surface area (Å²) in [5.74, 6) is 1.62. The topological polar surface area (TPSA) is 90.0 Å². The normalized spacial score (nSPS) is 15.3. The summed E-state index contributed by atoms with van der Waals surface area (Å²) in [6.07, 6.45) is 3.43. The van der Waals surface area contributed by atoms with E-state index in [0.29, 0.717) is 34.4 Å². The van der Waals surface area contributed by atoms with Crippen LogP contribution in [0.25, 0.3) is 0 Å². The molecule has 2 amide bonds. The van der Waals surface area contributed by atoms with Gasteiger partial charge in [-0.3, -0.25) is 14.6 Å². The summed E-state index contributed by atoms with van der Waals surface area (Å²) in [6.45, 7) is 2.16. The SMILES string of the molecule is COc1ccc(OC)c(N2CC(C(=O)Nc3ccc(Oc4cccnc4)c(C)c3)CC2=O)c1. The number of pyridine rings is 1. The Morgan fingerprint density at radius 2 is 1.88 bits per heavy atom. The minimum Gasteiger partial charge on any atom is -0.497 e. The van der Waals surface area contributed by atoms with Crippen molar-refractivity contribution < 1.29 is 23.8 Å². The lowest BCUT2D eigenvalue weighted by Gasteiger charge is -2.20. The van der Waals surface area contributed by atoms with Gasteiger partial charge in [0.15, 0.2) is 0 Å². The van der Waals surface area contributed by atoms with Gasteiger partial charge in [0.1, 0.15) is 23.0 Å². The third-order valence-electron chi connectivity index (χ3n) is 5.48. The highest BCUT2D eigenvalue weighted by atomic mass is 16.5. The minimum absolute atomic E-state index is 0.118. The number of benzene rings is 2. The van der Waals surface area contributed by atoms with Gasteiger partial charge in [-0.15, -0.1) is 0 Å². The summed E-state index contributed by atoms with van der Waals surface area (Å²) in [6, 6.07) is 14.3. The van der Waals surface area contributed by atoms with E-state index in [1.807, 2.05) is 19.1 Å². The van der Waals surface area contributed by atoms with Gasteiger partial charge in [0.25, 0.3) is 0 Å². The molecule has 0 bridgehead atoms. The first-order chi connectivity index (χ1) is 16.0. The third-order valence-corrected chi connectivity index (χ3v) is 5.48. The van der Waals surface area contributed by atoms with Gasteiger partial charge in [-0.2, -0.15) is 0 Å². The van der Waals surface area contributed by atoms with Gasteiger partial charge < -0.3 is 24.4 Å². The number of carbonyl (C=O) groups is 2. The number of anilines is 2. The van der Waals surface area contributed by atoms with Gasteiger partial charge in [0.05, 0.1) is 32.0 Å².